The standard InChI is InChI=1S/C20H32O3/c1-14(12-17(22)13-15(2)10-11-21)6-8-18-16(3)7-9-19(23)20(18,4)5/h10,12,17-18,21-22H,3,6-9,11,13H2,1-2,4-5H3/b14-12+,15-10+/t17-,18-/m0/s1. The summed E-state index contributed by atoms with van der Waals surface area (Å²) >= 11 is 0. The number of carbonyl (C=O) groups is 1. The average Bonchev–Trinajstić information content (AvgIpc) is 2.43. The van der Waals surface area contributed by atoms with Gasteiger partial charge in [0.1, 0.15) is 5.78 Å². The summed E-state index contributed by atoms with van der Waals surface area (Å²) < 4.78 is 0. The molecule has 2 atom stereocenters. The Morgan fingerprint density at radius 2 is 2.00 bits per heavy atom. The van der Waals surface area contributed by atoms with Crippen molar-refractivity contribution in [3.05, 3.63) is 35.5 Å². The van der Waals surface area contributed by atoms with Crippen LogP contribution in [0.15, 0.2) is 35.5 Å². The average molecular weight is 320 g/mol. The third-order valence-electron chi connectivity index (χ3n) is 5.03. The number of allylic oxidation sites excluding steroid dienone is 2. The molecule has 0 aromatic carbocycles. The van der Waals surface area contributed by atoms with E-state index < -0.39 is 6.10 Å². The molecule has 1 rings (SSSR count). The normalized spacial score (nSPS) is 24.0. The number of hydrogen-bond acceptors (Lipinski definition) is 3. The molecule has 0 radical (unpaired) electrons. The number of Topliss-reactive ketones (excluding diaryl/α,β-unsaturated/α-hetero) is 1. The molecule has 1 fully saturated rings. The topological polar surface area (TPSA) is 57.5 Å². The lowest BCUT2D eigenvalue weighted by Gasteiger charge is -2.39. The van der Waals surface area contributed by atoms with Gasteiger partial charge in [0, 0.05) is 11.8 Å². The second-order valence-electron chi connectivity index (χ2n) is 7.41. The van der Waals surface area contributed by atoms with Gasteiger partial charge in [-0.15, -0.1) is 0 Å². The number of rotatable bonds is 7. The smallest absolute Gasteiger partial charge is 0.139 e. The van der Waals surface area contributed by atoms with Crippen LogP contribution < -0.4 is 0 Å². The zero-order chi connectivity index (χ0) is 17.6. The van der Waals surface area contributed by atoms with Crippen molar-refractivity contribution in [1.82, 2.24) is 0 Å². The van der Waals surface area contributed by atoms with Crippen LogP contribution in [0.3, 0.4) is 0 Å². The van der Waals surface area contributed by atoms with Crippen molar-refractivity contribution in [1.29, 1.82) is 0 Å². The lowest BCUT2D eigenvalue weighted by Crippen LogP contribution is -2.38. The van der Waals surface area contributed by atoms with Gasteiger partial charge >= 0.3 is 0 Å². The van der Waals surface area contributed by atoms with Crippen LogP contribution in [0, 0.1) is 11.3 Å². The Bertz CT molecular complexity index is 497. The zero-order valence-electron chi connectivity index (χ0n) is 15.1. The van der Waals surface area contributed by atoms with E-state index in [4.69, 9.17) is 5.11 Å². The van der Waals surface area contributed by atoms with Gasteiger partial charge in [0.2, 0.25) is 0 Å². The van der Waals surface area contributed by atoms with Gasteiger partial charge in [-0.2, -0.15) is 0 Å². The van der Waals surface area contributed by atoms with E-state index in [2.05, 4.69) is 6.58 Å². The van der Waals surface area contributed by atoms with Crippen LogP contribution in [-0.4, -0.2) is 28.7 Å². The maximum absolute atomic E-state index is 12.2. The molecular weight excluding hydrogens is 288 g/mol. The fourth-order valence-electron chi connectivity index (χ4n) is 3.45. The predicted octanol–water partition coefficient (Wildman–Crippen LogP) is 3.96. The first-order valence-corrected chi connectivity index (χ1v) is 8.51. The highest BCUT2D eigenvalue weighted by atomic mass is 16.3. The number of aliphatic hydroxyl groups is 2. The van der Waals surface area contributed by atoms with E-state index in [1.807, 2.05) is 33.8 Å². The minimum absolute atomic E-state index is 0.00809. The molecule has 3 nitrogen and oxygen atoms in total. The lowest BCUT2D eigenvalue weighted by molar-refractivity contribution is -0.130. The molecule has 3 heteroatoms. The Morgan fingerprint density at radius 3 is 2.61 bits per heavy atom. The molecule has 1 aliphatic rings. The molecule has 1 aliphatic carbocycles. The maximum Gasteiger partial charge on any atom is 0.139 e. The third-order valence-corrected chi connectivity index (χ3v) is 5.03. The first-order valence-electron chi connectivity index (χ1n) is 8.51. The van der Waals surface area contributed by atoms with Crippen LogP contribution in [0.2, 0.25) is 0 Å². The first kappa shape index (κ1) is 19.9. The van der Waals surface area contributed by atoms with Crippen molar-refractivity contribution in [3.63, 3.8) is 0 Å². The van der Waals surface area contributed by atoms with E-state index in [9.17, 15) is 9.90 Å². The largest absolute Gasteiger partial charge is 0.392 e. The van der Waals surface area contributed by atoms with Crippen molar-refractivity contribution in [2.75, 3.05) is 6.61 Å². The van der Waals surface area contributed by atoms with E-state index >= 15 is 0 Å². The summed E-state index contributed by atoms with van der Waals surface area (Å²) in [5.41, 5.74) is 2.98. The first-order chi connectivity index (χ1) is 10.7. The Morgan fingerprint density at radius 1 is 1.35 bits per heavy atom. The predicted molar refractivity (Wildman–Crippen MR) is 95.1 cm³/mol. The Labute approximate surface area is 140 Å². The molecule has 0 spiro atoms. The minimum Gasteiger partial charge on any atom is -0.392 e. The van der Waals surface area contributed by atoms with Gasteiger partial charge in [0.15, 0.2) is 0 Å². The number of hydrogen-bond donors (Lipinski definition) is 2. The van der Waals surface area contributed by atoms with Gasteiger partial charge in [-0.1, -0.05) is 49.3 Å². The summed E-state index contributed by atoms with van der Waals surface area (Å²) in [6, 6.07) is 0. The van der Waals surface area contributed by atoms with Gasteiger partial charge < -0.3 is 10.2 Å². The van der Waals surface area contributed by atoms with Gasteiger partial charge in [-0.3, -0.25) is 4.79 Å². The summed E-state index contributed by atoms with van der Waals surface area (Å²) in [6.45, 7) is 12.2. The molecule has 0 aromatic heterocycles. The van der Waals surface area contributed by atoms with E-state index in [-0.39, 0.29) is 17.9 Å². The molecule has 0 amide bonds. The minimum atomic E-state index is -0.526. The Kier molecular flexibility index (Phi) is 7.43. The van der Waals surface area contributed by atoms with Crippen molar-refractivity contribution in [2.24, 2.45) is 11.3 Å². The molecular formula is C20H32O3. The highest BCUT2D eigenvalue weighted by Crippen LogP contribution is 2.43. The maximum atomic E-state index is 12.2. The second kappa shape index (κ2) is 8.60. The van der Waals surface area contributed by atoms with Gasteiger partial charge in [0.25, 0.3) is 0 Å². The molecule has 23 heavy (non-hydrogen) atoms. The fraction of sp³-hybridized carbons (Fsp3) is 0.650. The van der Waals surface area contributed by atoms with Gasteiger partial charge in [0.05, 0.1) is 12.7 Å². The molecule has 0 bridgehead atoms. The van der Waals surface area contributed by atoms with E-state index in [1.165, 1.54) is 5.57 Å². The van der Waals surface area contributed by atoms with E-state index in [0.717, 1.165) is 30.4 Å². The molecule has 1 saturated carbocycles. The van der Waals surface area contributed by atoms with Crippen molar-refractivity contribution in [3.8, 4) is 0 Å². The van der Waals surface area contributed by atoms with Crippen LogP contribution in [0.5, 0.6) is 0 Å². The molecule has 130 valence electrons. The van der Waals surface area contributed by atoms with Gasteiger partial charge in [-0.05, 0) is 45.4 Å². The second-order valence-corrected chi connectivity index (χ2v) is 7.41. The van der Waals surface area contributed by atoms with Crippen LogP contribution in [0.4, 0.5) is 0 Å². The van der Waals surface area contributed by atoms with Crippen molar-refractivity contribution < 1.29 is 15.0 Å². The number of carbonyl (C=O) groups excluding carboxylic acids is 1. The molecule has 0 aliphatic heterocycles. The monoisotopic (exact) mass is 320 g/mol. The van der Waals surface area contributed by atoms with Crippen LogP contribution in [-0.2, 0) is 4.79 Å². The fourth-order valence-corrected chi connectivity index (χ4v) is 3.45. The summed E-state index contributed by atoms with van der Waals surface area (Å²) in [7, 11) is 0. The molecule has 2 N–H and O–H groups in total. The molecule has 0 aromatic rings. The van der Waals surface area contributed by atoms with Crippen LogP contribution in [0.25, 0.3) is 0 Å². The third kappa shape index (κ3) is 5.74. The highest BCUT2D eigenvalue weighted by molar-refractivity contribution is 5.86. The lowest BCUT2D eigenvalue weighted by atomic mass is 9.64. The number of ketones is 1. The van der Waals surface area contributed by atoms with Gasteiger partial charge in [-0.25, -0.2) is 0 Å². The van der Waals surface area contributed by atoms with Crippen LogP contribution >= 0.6 is 0 Å². The van der Waals surface area contributed by atoms with Crippen molar-refractivity contribution in [2.45, 2.75) is 65.9 Å². The number of aliphatic hydroxyl groups excluding tert-OH is 2. The summed E-state index contributed by atoms with van der Waals surface area (Å²) in [6.07, 6.45) is 6.80. The van der Waals surface area contributed by atoms with E-state index in [0.29, 0.717) is 18.6 Å². The summed E-state index contributed by atoms with van der Waals surface area (Å²) in [5.74, 6) is 0.557. The molecule has 0 saturated heterocycles. The highest BCUT2D eigenvalue weighted by Gasteiger charge is 2.40. The molecule has 0 heterocycles. The quantitative estimate of drug-likeness (QED) is 0.698. The zero-order valence-corrected chi connectivity index (χ0v) is 15.1. The van der Waals surface area contributed by atoms with Crippen molar-refractivity contribution >= 4 is 5.78 Å². The Hall–Kier alpha value is -1.19. The van der Waals surface area contributed by atoms with E-state index in [1.54, 1.807) is 6.08 Å². The molecule has 0 unspecified atom stereocenters. The summed E-state index contributed by atoms with van der Waals surface area (Å²) in [4.78, 5) is 12.2. The SMILES string of the molecule is C=C1CCC(=O)C(C)(C)[C@H]1CC/C(C)=C/[C@H](O)C/C(C)=C/CO. The Balaban J connectivity index is 2.62. The summed E-state index contributed by atoms with van der Waals surface area (Å²) in [5, 5.41) is 18.9. The van der Waals surface area contributed by atoms with Crippen LogP contribution in [0.1, 0.15) is 59.8 Å².